The molecule has 21 heavy (non-hydrogen) atoms. The Labute approximate surface area is 121 Å². The van der Waals surface area contributed by atoms with Crippen LogP contribution in [0.25, 0.3) is 0 Å². The number of nitrogens with two attached hydrogens (primary N) is 1. The smallest absolute Gasteiger partial charge is 0.229 e. The molecule has 0 spiro atoms. The molecule has 2 aromatic rings. The quantitative estimate of drug-likeness (QED) is 0.889. The molecule has 0 aliphatic carbocycles. The van der Waals surface area contributed by atoms with Crippen LogP contribution in [0.5, 0.6) is 0 Å². The first-order valence-electron chi connectivity index (χ1n) is 6.60. The lowest BCUT2D eigenvalue weighted by Gasteiger charge is -2.15. The molecule has 0 aliphatic rings. The van der Waals surface area contributed by atoms with Gasteiger partial charge in [-0.3, -0.25) is 4.79 Å². The van der Waals surface area contributed by atoms with Crippen LogP contribution in [0.15, 0.2) is 48.5 Å². The monoisotopic (exact) mass is 290 g/mol. The van der Waals surface area contributed by atoms with Crippen LogP contribution in [0.4, 0.5) is 14.5 Å². The molecule has 1 amide bonds. The van der Waals surface area contributed by atoms with Crippen molar-refractivity contribution in [2.24, 2.45) is 11.7 Å². The minimum absolute atomic E-state index is 0.0482. The van der Waals surface area contributed by atoms with E-state index in [-0.39, 0.29) is 18.1 Å². The van der Waals surface area contributed by atoms with E-state index in [1.165, 1.54) is 6.07 Å². The third-order valence-electron chi connectivity index (χ3n) is 3.17. The maximum absolute atomic E-state index is 13.5. The molecular weight excluding hydrogens is 274 g/mol. The maximum Gasteiger partial charge on any atom is 0.229 e. The Kier molecular flexibility index (Phi) is 5.00. The number of rotatable bonds is 5. The highest BCUT2D eigenvalue weighted by atomic mass is 19.1. The molecule has 2 rings (SSSR count). The summed E-state index contributed by atoms with van der Waals surface area (Å²) in [5, 5.41) is 2.45. The molecule has 110 valence electrons. The summed E-state index contributed by atoms with van der Waals surface area (Å²) >= 11 is 0. The van der Waals surface area contributed by atoms with Crippen LogP contribution < -0.4 is 11.1 Å². The van der Waals surface area contributed by atoms with Gasteiger partial charge in [-0.25, -0.2) is 8.78 Å². The lowest BCUT2D eigenvalue weighted by Crippen LogP contribution is -2.31. The second-order valence-corrected chi connectivity index (χ2v) is 4.74. The number of carbonyl (C=O) groups is 1. The molecular formula is C16H16F2N2O. The number of nitrogens with one attached hydrogen (secondary N) is 1. The predicted molar refractivity (Wildman–Crippen MR) is 77.7 cm³/mol. The van der Waals surface area contributed by atoms with Gasteiger partial charge in [0.15, 0.2) is 0 Å². The van der Waals surface area contributed by atoms with Crippen LogP contribution in [0, 0.1) is 17.6 Å². The standard InChI is InChI=1S/C16H16F2N2O/c17-13-6-7-15(14(18)9-13)20-16(21)12(10-19)8-11-4-2-1-3-5-11/h1-7,9,12H,8,10,19H2,(H,20,21). The molecule has 0 fully saturated rings. The zero-order valence-electron chi connectivity index (χ0n) is 11.4. The molecule has 3 nitrogen and oxygen atoms in total. The minimum atomic E-state index is -0.807. The molecule has 2 aromatic carbocycles. The second-order valence-electron chi connectivity index (χ2n) is 4.74. The van der Waals surface area contributed by atoms with Crippen molar-refractivity contribution in [2.45, 2.75) is 6.42 Å². The van der Waals surface area contributed by atoms with Gasteiger partial charge in [-0.2, -0.15) is 0 Å². The van der Waals surface area contributed by atoms with Crippen molar-refractivity contribution in [3.05, 3.63) is 65.7 Å². The fourth-order valence-corrected chi connectivity index (χ4v) is 2.01. The highest BCUT2D eigenvalue weighted by Crippen LogP contribution is 2.17. The molecule has 3 N–H and O–H groups in total. The van der Waals surface area contributed by atoms with E-state index in [9.17, 15) is 13.6 Å². The van der Waals surface area contributed by atoms with E-state index in [0.717, 1.165) is 17.7 Å². The molecule has 1 unspecified atom stereocenters. The Morgan fingerprint density at radius 3 is 2.48 bits per heavy atom. The van der Waals surface area contributed by atoms with Crippen molar-refractivity contribution < 1.29 is 13.6 Å². The Bertz CT molecular complexity index is 617. The molecule has 0 heterocycles. The van der Waals surface area contributed by atoms with Gasteiger partial charge in [0.05, 0.1) is 11.6 Å². The molecule has 5 heteroatoms. The fraction of sp³-hybridized carbons (Fsp3) is 0.188. The Morgan fingerprint density at radius 1 is 1.14 bits per heavy atom. The third kappa shape index (κ3) is 4.10. The van der Waals surface area contributed by atoms with E-state index < -0.39 is 17.6 Å². The van der Waals surface area contributed by atoms with Crippen molar-refractivity contribution in [3.8, 4) is 0 Å². The average molecular weight is 290 g/mol. The van der Waals surface area contributed by atoms with Gasteiger partial charge >= 0.3 is 0 Å². The number of amides is 1. The van der Waals surface area contributed by atoms with Crippen LogP contribution in [0.3, 0.4) is 0 Å². The van der Waals surface area contributed by atoms with Crippen molar-refractivity contribution >= 4 is 11.6 Å². The SMILES string of the molecule is NCC(Cc1ccccc1)C(=O)Nc1ccc(F)cc1F. The van der Waals surface area contributed by atoms with Crippen LogP contribution >= 0.6 is 0 Å². The highest BCUT2D eigenvalue weighted by Gasteiger charge is 2.18. The van der Waals surface area contributed by atoms with E-state index in [1.54, 1.807) is 0 Å². The molecule has 0 aliphatic heterocycles. The summed E-state index contributed by atoms with van der Waals surface area (Å²) in [5.41, 5.74) is 6.55. The van der Waals surface area contributed by atoms with Gasteiger partial charge < -0.3 is 11.1 Å². The fourth-order valence-electron chi connectivity index (χ4n) is 2.01. The summed E-state index contributed by atoms with van der Waals surface area (Å²) in [6.07, 6.45) is 0.464. The van der Waals surface area contributed by atoms with E-state index in [4.69, 9.17) is 5.73 Å². The third-order valence-corrected chi connectivity index (χ3v) is 3.17. The van der Waals surface area contributed by atoms with Crippen molar-refractivity contribution in [1.82, 2.24) is 0 Å². The van der Waals surface area contributed by atoms with Gasteiger partial charge in [-0.05, 0) is 24.1 Å². The molecule has 0 saturated heterocycles. The summed E-state index contributed by atoms with van der Waals surface area (Å²) in [7, 11) is 0. The first-order chi connectivity index (χ1) is 10.1. The topological polar surface area (TPSA) is 55.1 Å². The number of anilines is 1. The van der Waals surface area contributed by atoms with Gasteiger partial charge in [0.2, 0.25) is 5.91 Å². The summed E-state index contributed by atoms with van der Waals surface area (Å²) in [6, 6.07) is 12.4. The number of hydrogen-bond donors (Lipinski definition) is 2. The van der Waals surface area contributed by atoms with E-state index in [2.05, 4.69) is 5.32 Å². The van der Waals surface area contributed by atoms with Gasteiger partial charge in [0, 0.05) is 12.6 Å². The first kappa shape index (κ1) is 15.1. The summed E-state index contributed by atoms with van der Waals surface area (Å²) in [4.78, 5) is 12.1. The molecule has 0 radical (unpaired) electrons. The largest absolute Gasteiger partial charge is 0.330 e. The van der Waals surface area contributed by atoms with Crippen molar-refractivity contribution in [2.75, 3.05) is 11.9 Å². The van der Waals surface area contributed by atoms with Crippen molar-refractivity contribution in [1.29, 1.82) is 0 Å². The predicted octanol–water partition coefficient (Wildman–Crippen LogP) is 2.72. The van der Waals surface area contributed by atoms with Crippen LogP contribution in [-0.4, -0.2) is 12.5 Å². The van der Waals surface area contributed by atoms with Crippen LogP contribution in [0.2, 0.25) is 0 Å². The normalized spacial score (nSPS) is 12.0. The molecule has 0 saturated carbocycles. The number of carbonyl (C=O) groups excluding carboxylic acids is 1. The van der Waals surface area contributed by atoms with Crippen LogP contribution in [0.1, 0.15) is 5.56 Å². The molecule has 0 bridgehead atoms. The lowest BCUT2D eigenvalue weighted by atomic mass is 9.98. The zero-order chi connectivity index (χ0) is 15.2. The minimum Gasteiger partial charge on any atom is -0.330 e. The summed E-state index contributed by atoms with van der Waals surface area (Å²) < 4.78 is 26.3. The molecule has 1 atom stereocenters. The zero-order valence-corrected chi connectivity index (χ0v) is 11.4. The Balaban J connectivity index is 2.06. The van der Waals surface area contributed by atoms with Crippen molar-refractivity contribution in [3.63, 3.8) is 0 Å². The highest BCUT2D eigenvalue weighted by molar-refractivity contribution is 5.93. The number of benzene rings is 2. The van der Waals surface area contributed by atoms with E-state index in [1.807, 2.05) is 30.3 Å². The van der Waals surface area contributed by atoms with Gasteiger partial charge in [-0.1, -0.05) is 30.3 Å². The number of halogens is 2. The number of hydrogen-bond acceptors (Lipinski definition) is 2. The van der Waals surface area contributed by atoms with E-state index >= 15 is 0 Å². The molecule has 0 aromatic heterocycles. The van der Waals surface area contributed by atoms with Crippen LogP contribution in [-0.2, 0) is 11.2 Å². The first-order valence-corrected chi connectivity index (χ1v) is 6.60. The summed E-state index contributed by atoms with van der Waals surface area (Å²) in [6.45, 7) is 0.142. The van der Waals surface area contributed by atoms with Gasteiger partial charge in [0.1, 0.15) is 11.6 Å². The average Bonchev–Trinajstić information content (AvgIpc) is 2.48. The van der Waals surface area contributed by atoms with Gasteiger partial charge in [0.25, 0.3) is 0 Å². The van der Waals surface area contributed by atoms with Gasteiger partial charge in [-0.15, -0.1) is 0 Å². The maximum atomic E-state index is 13.5. The second kappa shape index (κ2) is 6.95. The summed E-state index contributed by atoms with van der Waals surface area (Å²) in [5.74, 6) is -2.35. The Hall–Kier alpha value is -2.27. The Morgan fingerprint density at radius 2 is 1.86 bits per heavy atom. The van der Waals surface area contributed by atoms with E-state index in [0.29, 0.717) is 6.42 Å². The lowest BCUT2D eigenvalue weighted by molar-refractivity contribution is -0.119.